The van der Waals surface area contributed by atoms with E-state index in [0.717, 1.165) is 17.8 Å². The number of H-pyrrole nitrogens is 1. The summed E-state index contributed by atoms with van der Waals surface area (Å²) < 4.78 is 0. The summed E-state index contributed by atoms with van der Waals surface area (Å²) in [7, 11) is 0. The van der Waals surface area contributed by atoms with E-state index in [0.29, 0.717) is 16.8 Å². The van der Waals surface area contributed by atoms with Gasteiger partial charge in [-0.2, -0.15) is 0 Å². The van der Waals surface area contributed by atoms with Crippen LogP contribution in [0.2, 0.25) is 0 Å². The Kier molecular flexibility index (Phi) is 23.2. The zero-order valence-electron chi connectivity index (χ0n) is 42.1. The monoisotopic (exact) mass is 1060 g/mol. The summed E-state index contributed by atoms with van der Waals surface area (Å²) in [6.07, 6.45) is 0.281. The molecule has 0 bridgehead atoms. The van der Waals surface area contributed by atoms with Crippen LogP contribution < -0.4 is 81.8 Å². The van der Waals surface area contributed by atoms with Crippen molar-refractivity contribution in [1.82, 2.24) is 58.2 Å². The summed E-state index contributed by atoms with van der Waals surface area (Å²) in [5, 5.41) is 41.4. The highest BCUT2D eigenvalue weighted by atomic mass is 16.2. The van der Waals surface area contributed by atoms with Crippen LogP contribution in [0.25, 0.3) is 10.9 Å². The van der Waals surface area contributed by atoms with Gasteiger partial charge in [0.25, 0.3) is 0 Å². The Hall–Kier alpha value is -8.98. The Balaban J connectivity index is 1.78. The lowest BCUT2D eigenvalue weighted by molar-refractivity contribution is -0.137. The first-order chi connectivity index (χ1) is 36.1. The van der Waals surface area contributed by atoms with Gasteiger partial charge in [-0.1, -0.05) is 30.3 Å². The number of aromatic nitrogens is 1. The number of aromatic amines is 1. The number of carbonyl (C=O) groups excluding carboxylic acids is 10. The maximum absolute atomic E-state index is 14.6. The molecule has 28 nitrogen and oxygen atoms in total. The number of nitrogens with one attached hydrogen (secondary N) is 13. The van der Waals surface area contributed by atoms with Crippen molar-refractivity contribution < 1.29 is 47.9 Å². The molecule has 7 atom stereocenters. The van der Waals surface area contributed by atoms with Gasteiger partial charge in [0.15, 0.2) is 11.9 Å². The van der Waals surface area contributed by atoms with Crippen LogP contribution in [0.4, 0.5) is 5.69 Å². The second-order valence-electron chi connectivity index (χ2n) is 18.2. The second-order valence-corrected chi connectivity index (χ2v) is 18.2. The van der Waals surface area contributed by atoms with Gasteiger partial charge < -0.3 is 86.8 Å². The number of guanidine groups is 2. The van der Waals surface area contributed by atoms with Crippen molar-refractivity contribution in [3.63, 3.8) is 0 Å². The van der Waals surface area contributed by atoms with E-state index in [-0.39, 0.29) is 89.3 Å². The Morgan fingerprint density at radius 3 is 1.95 bits per heavy atom. The Bertz CT molecular complexity index is 2590. The first-order valence-electron chi connectivity index (χ1n) is 24.6. The minimum Gasteiger partial charge on any atom is -0.399 e. The van der Waals surface area contributed by atoms with Gasteiger partial charge >= 0.3 is 0 Å². The summed E-state index contributed by atoms with van der Waals surface area (Å²) >= 11 is 0. The molecular weight excluding hydrogens is 989 g/mol. The summed E-state index contributed by atoms with van der Waals surface area (Å²) in [6, 6.07) is 2.91. The molecule has 3 aromatic rings. The molecule has 23 N–H and O–H groups in total. The van der Waals surface area contributed by atoms with Gasteiger partial charge in [-0.3, -0.25) is 58.8 Å². The van der Waals surface area contributed by atoms with Gasteiger partial charge in [-0.25, -0.2) is 0 Å². The third-order valence-electron chi connectivity index (χ3n) is 12.0. The third kappa shape index (κ3) is 20.1. The predicted molar refractivity (Wildman–Crippen MR) is 279 cm³/mol. The van der Waals surface area contributed by atoms with Crippen molar-refractivity contribution in [2.75, 3.05) is 25.4 Å². The maximum Gasteiger partial charge on any atom is 0.243 e. The number of anilines is 1. The van der Waals surface area contributed by atoms with Gasteiger partial charge in [-0.15, -0.1) is 0 Å². The van der Waals surface area contributed by atoms with Crippen LogP contribution in [-0.4, -0.2) is 138 Å². The number of nitrogen functional groups attached to an aromatic ring is 1. The smallest absolute Gasteiger partial charge is 0.243 e. The van der Waals surface area contributed by atoms with Crippen molar-refractivity contribution in [2.24, 2.45) is 22.9 Å². The van der Waals surface area contributed by atoms with Gasteiger partial charge in [-0.05, 0) is 74.3 Å². The lowest BCUT2D eigenvalue weighted by atomic mass is 10.0. The summed E-state index contributed by atoms with van der Waals surface area (Å²) in [5.41, 5.74) is 30.3. The zero-order chi connectivity index (χ0) is 55.9. The molecule has 0 saturated carbocycles. The van der Waals surface area contributed by atoms with Crippen molar-refractivity contribution in [2.45, 2.75) is 120 Å². The fourth-order valence-electron chi connectivity index (χ4n) is 8.17. The van der Waals surface area contributed by atoms with Crippen LogP contribution in [0.5, 0.6) is 0 Å². The highest BCUT2D eigenvalue weighted by molar-refractivity contribution is 6.00. The molecule has 1 aliphatic rings. The van der Waals surface area contributed by atoms with E-state index in [1.807, 2.05) is 12.1 Å². The van der Waals surface area contributed by atoms with E-state index in [9.17, 15) is 47.9 Å². The number of benzene rings is 2. The van der Waals surface area contributed by atoms with Gasteiger partial charge in [0.1, 0.15) is 42.3 Å². The number of fused-ring (bicyclic) bond motifs is 1. The predicted octanol–water partition coefficient (Wildman–Crippen LogP) is -4.47. The second kappa shape index (κ2) is 29.7. The fraction of sp³-hybridized carbons (Fsp3) is 0.458. The molecule has 1 saturated heterocycles. The van der Waals surface area contributed by atoms with Crippen LogP contribution in [0.1, 0.15) is 75.8 Å². The van der Waals surface area contributed by atoms with Crippen LogP contribution in [0.15, 0.2) is 54.7 Å². The van der Waals surface area contributed by atoms with Crippen molar-refractivity contribution >= 4 is 87.6 Å². The minimum absolute atomic E-state index is 0.0161. The molecule has 1 aromatic heterocycles. The minimum atomic E-state index is -1.83. The van der Waals surface area contributed by atoms with Crippen molar-refractivity contribution in [1.29, 1.82) is 10.8 Å². The highest BCUT2D eigenvalue weighted by Gasteiger charge is 2.35. The molecule has 0 aliphatic carbocycles. The Labute approximate surface area is 437 Å². The van der Waals surface area contributed by atoms with E-state index in [1.165, 1.54) is 12.1 Å². The number of hydrogen-bond acceptors (Lipinski definition) is 13. The molecule has 0 spiro atoms. The van der Waals surface area contributed by atoms with Crippen LogP contribution >= 0.6 is 0 Å². The quantitative estimate of drug-likeness (QED) is 0.0247. The topological polar surface area (TPSA) is 485 Å². The zero-order valence-corrected chi connectivity index (χ0v) is 42.1. The van der Waals surface area contributed by atoms with E-state index in [4.69, 9.17) is 39.5 Å². The Morgan fingerprint density at radius 2 is 1.30 bits per heavy atom. The van der Waals surface area contributed by atoms with E-state index in [1.54, 1.807) is 30.5 Å². The molecule has 1 unspecified atom stereocenters. The molecule has 2 heterocycles. The molecule has 0 radical (unpaired) electrons. The molecule has 76 heavy (non-hydrogen) atoms. The number of rotatable bonds is 18. The van der Waals surface area contributed by atoms with Crippen LogP contribution in [0, 0.1) is 10.8 Å². The summed E-state index contributed by atoms with van der Waals surface area (Å²) in [6.45, 7) is 1.32. The van der Waals surface area contributed by atoms with E-state index in [2.05, 4.69) is 58.2 Å². The van der Waals surface area contributed by atoms with Gasteiger partial charge in [0, 0.05) is 62.2 Å². The molecule has 28 heteroatoms. The maximum atomic E-state index is 14.6. The molecule has 10 amide bonds. The summed E-state index contributed by atoms with van der Waals surface area (Å²) in [5.74, 6) is -9.89. The van der Waals surface area contributed by atoms with Crippen molar-refractivity contribution in [3.8, 4) is 0 Å². The SMILES string of the molecule is CC(=O)N[C@@H](CCCNC(=N)N)C(=O)N[C@H]1CC(=O)NCCCCC(C(N)=O)NC(=O)[C@H](Cc2c[nH]c3ccccc23)NC(=O)[C@H](CCCNC(=N)N)NC(=O)[C@@H](Cc2ccc(N)cc2)NC(=O)[C@H](CC(N)=O)NC1=O. The van der Waals surface area contributed by atoms with Gasteiger partial charge in [0.2, 0.25) is 59.1 Å². The molecular formula is C48H70N18O10. The number of hydrogen-bond donors (Lipinski definition) is 18. The van der Waals surface area contributed by atoms with Gasteiger partial charge in [0.05, 0.1) is 12.8 Å². The number of nitrogens with two attached hydrogens (primary N) is 5. The first kappa shape index (κ1) is 59.6. The average Bonchev–Trinajstić information content (AvgIpc) is 3.76. The first-order valence-corrected chi connectivity index (χ1v) is 24.6. The normalized spacial score (nSPS) is 20.9. The number of carbonyl (C=O) groups is 10. The third-order valence-corrected chi connectivity index (χ3v) is 12.0. The molecule has 1 fully saturated rings. The van der Waals surface area contributed by atoms with Crippen LogP contribution in [-0.2, 0) is 60.8 Å². The lowest BCUT2D eigenvalue weighted by Crippen LogP contribution is -2.61. The average molecular weight is 1060 g/mol. The largest absolute Gasteiger partial charge is 0.399 e. The number of amides is 10. The molecule has 412 valence electrons. The van der Waals surface area contributed by atoms with Crippen LogP contribution in [0.3, 0.4) is 0 Å². The number of para-hydroxylation sites is 1. The molecule has 4 rings (SSSR count). The summed E-state index contributed by atoms with van der Waals surface area (Å²) in [4.78, 5) is 140. The Morgan fingerprint density at radius 1 is 0.711 bits per heavy atom. The lowest BCUT2D eigenvalue weighted by Gasteiger charge is -2.28. The van der Waals surface area contributed by atoms with Crippen molar-refractivity contribution in [3.05, 3.63) is 65.9 Å². The standard InChI is InChI=1S/C48H70N18O10/c1-25(67)60-32(11-6-18-57-47(52)53)41(71)66-37-23-39(69)56-17-5-4-10-31(40(51)70)61-44(74)35(21-27-24-59-30-9-3-2-8-29(27)30)64-42(72)33(12-7-19-58-48(54)55)62-43(73)34(20-26-13-15-28(49)16-14-26)63-45(75)36(22-38(50)68)65-46(37)76/h2-3,8-9,13-16,24,31-37,59H,4-7,10-12,17-23,49H2,1H3,(H2,50,68)(H2,51,70)(H,56,69)(H,60,67)(H,61,74)(H,62,73)(H,63,75)(H,64,72)(H,65,76)(H,66,71)(H4,52,53,57)(H4,54,55,58)/t31?,32-,33-,34+,35-,36-,37-/m0/s1. The molecule has 1 aliphatic heterocycles. The van der Waals surface area contributed by atoms with E-state index < -0.39 is 114 Å². The fourth-order valence-corrected chi connectivity index (χ4v) is 8.17. The van der Waals surface area contributed by atoms with E-state index >= 15 is 0 Å². The molecule has 2 aromatic carbocycles. The number of primary amides is 2. The highest BCUT2D eigenvalue weighted by Crippen LogP contribution is 2.20.